The molecule has 0 fully saturated rings. The smallest absolute Gasteiger partial charge is 0.188 e. The summed E-state index contributed by atoms with van der Waals surface area (Å²) in [6.45, 7) is 1.68. The Morgan fingerprint density at radius 1 is 1.25 bits per heavy atom. The van der Waals surface area contributed by atoms with E-state index in [1.165, 1.54) is 4.88 Å². The molecule has 0 aliphatic carbocycles. The SMILES string of the molecule is I.NC(=NCC(O)COCc1ccccc1)NCCc1cccs1. The molecule has 5 nitrogen and oxygen atoms in total. The van der Waals surface area contributed by atoms with Crippen LogP contribution in [-0.4, -0.2) is 36.9 Å². The van der Waals surface area contributed by atoms with Gasteiger partial charge in [0.15, 0.2) is 5.96 Å². The molecule has 0 spiro atoms. The van der Waals surface area contributed by atoms with Crippen molar-refractivity contribution in [3.63, 3.8) is 0 Å². The van der Waals surface area contributed by atoms with Gasteiger partial charge in [-0.1, -0.05) is 36.4 Å². The highest BCUT2D eigenvalue weighted by atomic mass is 127. The van der Waals surface area contributed by atoms with E-state index >= 15 is 0 Å². The Morgan fingerprint density at radius 2 is 2.04 bits per heavy atom. The summed E-state index contributed by atoms with van der Waals surface area (Å²) in [5.41, 5.74) is 6.85. The van der Waals surface area contributed by atoms with Crippen molar-refractivity contribution >= 4 is 41.3 Å². The fourth-order valence-corrected chi connectivity index (χ4v) is 2.68. The van der Waals surface area contributed by atoms with Gasteiger partial charge in [-0.05, 0) is 23.4 Å². The van der Waals surface area contributed by atoms with Gasteiger partial charge >= 0.3 is 0 Å². The number of aliphatic imine (C=N–C) groups is 1. The highest BCUT2D eigenvalue weighted by Gasteiger charge is 2.04. The number of ether oxygens (including phenoxy) is 1. The van der Waals surface area contributed by atoms with E-state index in [4.69, 9.17) is 10.5 Å². The van der Waals surface area contributed by atoms with Crippen molar-refractivity contribution in [2.24, 2.45) is 10.7 Å². The van der Waals surface area contributed by atoms with E-state index in [9.17, 15) is 5.11 Å². The summed E-state index contributed by atoms with van der Waals surface area (Å²) >= 11 is 1.72. The molecule has 0 saturated carbocycles. The predicted molar refractivity (Wildman–Crippen MR) is 110 cm³/mol. The van der Waals surface area contributed by atoms with E-state index in [0.29, 0.717) is 12.6 Å². The molecule has 132 valence electrons. The largest absolute Gasteiger partial charge is 0.389 e. The number of benzene rings is 1. The third kappa shape index (κ3) is 8.62. The number of nitrogens with zero attached hydrogens (tertiary/aromatic N) is 1. The molecular weight excluding hydrogens is 437 g/mol. The number of thiophene rings is 1. The van der Waals surface area contributed by atoms with Crippen LogP contribution in [-0.2, 0) is 17.8 Å². The Hall–Kier alpha value is -1.16. The van der Waals surface area contributed by atoms with E-state index in [0.717, 1.165) is 18.5 Å². The average molecular weight is 461 g/mol. The normalized spacial score (nSPS) is 12.5. The van der Waals surface area contributed by atoms with Crippen LogP contribution < -0.4 is 11.1 Å². The van der Waals surface area contributed by atoms with Gasteiger partial charge in [-0.2, -0.15) is 0 Å². The van der Waals surface area contributed by atoms with Gasteiger partial charge in [-0.15, -0.1) is 35.3 Å². The predicted octanol–water partition coefficient (Wildman–Crippen LogP) is 2.39. The quantitative estimate of drug-likeness (QED) is 0.305. The summed E-state index contributed by atoms with van der Waals surface area (Å²) in [6, 6.07) is 14.0. The van der Waals surface area contributed by atoms with Crippen LogP contribution in [0.1, 0.15) is 10.4 Å². The van der Waals surface area contributed by atoms with Gasteiger partial charge in [0, 0.05) is 11.4 Å². The zero-order valence-corrected chi connectivity index (χ0v) is 16.6. The standard InChI is InChI=1S/C17H23N3O2S.HI/c18-17(19-9-8-16-7-4-10-23-16)20-11-15(21)13-22-12-14-5-2-1-3-6-14;/h1-7,10,15,21H,8-9,11-13H2,(H3,18,19,20);1H. The van der Waals surface area contributed by atoms with Gasteiger partial charge in [-0.3, -0.25) is 4.99 Å². The van der Waals surface area contributed by atoms with Crippen molar-refractivity contribution in [1.82, 2.24) is 5.32 Å². The van der Waals surface area contributed by atoms with Crippen molar-refractivity contribution in [1.29, 1.82) is 0 Å². The molecule has 24 heavy (non-hydrogen) atoms. The van der Waals surface area contributed by atoms with E-state index in [1.807, 2.05) is 36.4 Å². The molecule has 0 aliphatic heterocycles. The highest BCUT2D eigenvalue weighted by Crippen LogP contribution is 2.07. The number of hydrogen-bond donors (Lipinski definition) is 3. The molecule has 1 aromatic heterocycles. The molecule has 0 saturated heterocycles. The van der Waals surface area contributed by atoms with E-state index in [-0.39, 0.29) is 37.1 Å². The molecule has 1 aromatic carbocycles. The number of aliphatic hydroxyl groups excluding tert-OH is 1. The molecule has 0 amide bonds. The van der Waals surface area contributed by atoms with Crippen LogP contribution in [0.2, 0.25) is 0 Å². The Kier molecular flexibility index (Phi) is 10.6. The second-order valence-electron chi connectivity index (χ2n) is 5.14. The summed E-state index contributed by atoms with van der Waals surface area (Å²) in [7, 11) is 0. The molecule has 1 unspecified atom stereocenters. The zero-order chi connectivity index (χ0) is 16.3. The first-order chi connectivity index (χ1) is 11.2. The number of aliphatic hydroxyl groups is 1. The van der Waals surface area contributed by atoms with E-state index in [2.05, 4.69) is 21.8 Å². The lowest BCUT2D eigenvalue weighted by atomic mass is 10.2. The second-order valence-corrected chi connectivity index (χ2v) is 6.17. The van der Waals surface area contributed by atoms with Crippen LogP contribution in [0.15, 0.2) is 52.8 Å². The van der Waals surface area contributed by atoms with Crippen LogP contribution in [0.25, 0.3) is 0 Å². The van der Waals surface area contributed by atoms with Crippen LogP contribution >= 0.6 is 35.3 Å². The molecule has 1 heterocycles. The van der Waals surface area contributed by atoms with Crippen LogP contribution in [0.4, 0.5) is 0 Å². The lowest BCUT2D eigenvalue weighted by Gasteiger charge is -2.10. The van der Waals surface area contributed by atoms with E-state index < -0.39 is 6.10 Å². The van der Waals surface area contributed by atoms with Crippen molar-refractivity contribution in [3.8, 4) is 0 Å². The van der Waals surface area contributed by atoms with Gasteiger partial charge in [-0.25, -0.2) is 0 Å². The van der Waals surface area contributed by atoms with Crippen LogP contribution in [0.5, 0.6) is 0 Å². The maximum Gasteiger partial charge on any atom is 0.188 e. The summed E-state index contributed by atoms with van der Waals surface area (Å²) in [6.07, 6.45) is 0.257. The molecular formula is C17H24IN3O2S. The Morgan fingerprint density at radius 3 is 2.75 bits per heavy atom. The average Bonchev–Trinajstić information content (AvgIpc) is 3.07. The number of rotatable bonds is 9. The first-order valence-corrected chi connectivity index (χ1v) is 8.48. The molecule has 7 heteroatoms. The van der Waals surface area contributed by atoms with Crippen molar-refractivity contribution < 1.29 is 9.84 Å². The molecule has 0 aliphatic rings. The Balaban J connectivity index is 0.00000288. The monoisotopic (exact) mass is 461 g/mol. The van der Waals surface area contributed by atoms with Crippen molar-refractivity contribution in [2.45, 2.75) is 19.1 Å². The minimum absolute atomic E-state index is 0. The minimum Gasteiger partial charge on any atom is -0.389 e. The molecule has 2 aromatic rings. The summed E-state index contributed by atoms with van der Waals surface area (Å²) in [5, 5.41) is 14.9. The molecule has 4 N–H and O–H groups in total. The number of halogens is 1. The summed E-state index contributed by atoms with van der Waals surface area (Å²) < 4.78 is 5.46. The van der Waals surface area contributed by atoms with Crippen molar-refractivity contribution in [3.05, 3.63) is 58.3 Å². The number of nitrogens with one attached hydrogen (secondary N) is 1. The maximum atomic E-state index is 9.84. The van der Waals surface area contributed by atoms with E-state index in [1.54, 1.807) is 11.3 Å². The topological polar surface area (TPSA) is 79.9 Å². The summed E-state index contributed by atoms with van der Waals surface area (Å²) in [5.74, 6) is 0.351. The van der Waals surface area contributed by atoms with Gasteiger partial charge in [0.1, 0.15) is 0 Å². The fraction of sp³-hybridized carbons (Fsp3) is 0.353. The van der Waals surface area contributed by atoms with Gasteiger partial charge in [0.25, 0.3) is 0 Å². The number of guanidine groups is 1. The van der Waals surface area contributed by atoms with Gasteiger partial charge < -0.3 is 20.9 Å². The first kappa shape index (κ1) is 20.9. The molecule has 0 radical (unpaired) electrons. The van der Waals surface area contributed by atoms with Crippen LogP contribution in [0.3, 0.4) is 0 Å². The third-order valence-corrected chi connectivity index (χ3v) is 4.09. The second kappa shape index (κ2) is 12.2. The maximum absolute atomic E-state index is 9.84. The number of nitrogens with two attached hydrogens (primary N) is 1. The van der Waals surface area contributed by atoms with Crippen molar-refractivity contribution in [2.75, 3.05) is 19.7 Å². The lowest BCUT2D eigenvalue weighted by molar-refractivity contribution is 0.0331. The molecule has 0 bridgehead atoms. The third-order valence-electron chi connectivity index (χ3n) is 3.15. The van der Waals surface area contributed by atoms with Gasteiger partial charge in [0.2, 0.25) is 0 Å². The highest BCUT2D eigenvalue weighted by molar-refractivity contribution is 14.0. The lowest BCUT2D eigenvalue weighted by Crippen LogP contribution is -2.34. The minimum atomic E-state index is -0.656. The Labute approximate surface area is 164 Å². The van der Waals surface area contributed by atoms with Crippen LogP contribution in [0, 0.1) is 0 Å². The fourth-order valence-electron chi connectivity index (χ4n) is 1.97. The molecule has 1 atom stereocenters. The Bertz CT molecular complexity index is 579. The van der Waals surface area contributed by atoms with Gasteiger partial charge in [0.05, 0.1) is 25.9 Å². The first-order valence-electron chi connectivity index (χ1n) is 7.60. The summed E-state index contributed by atoms with van der Waals surface area (Å²) in [4.78, 5) is 5.43. The number of hydrogen-bond acceptors (Lipinski definition) is 4. The molecule has 2 rings (SSSR count). The zero-order valence-electron chi connectivity index (χ0n) is 13.4.